The molecule has 9 heteroatoms. The van der Waals surface area contributed by atoms with E-state index in [0.717, 1.165) is 26.3 Å². The van der Waals surface area contributed by atoms with Gasteiger partial charge < -0.3 is 15.5 Å². The molecule has 0 bridgehead atoms. The Kier molecular flexibility index (Phi) is 8.01. The molecule has 1 aliphatic carbocycles. The summed E-state index contributed by atoms with van der Waals surface area (Å²) in [7, 11) is 2.71. The van der Waals surface area contributed by atoms with E-state index in [9.17, 15) is 18.0 Å². The number of hydrogen-bond donors (Lipinski definition) is 2. The lowest BCUT2D eigenvalue weighted by Gasteiger charge is -2.30. The van der Waals surface area contributed by atoms with Gasteiger partial charge in [-0.3, -0.25) is 9.79 Å². The maximum Gasteiger partial charge on any atom is 0.406 e. The van der Waals surface area contributed by atoms with E-state index in [1.54, 1.807) is 7.05 Å². The molecule has 0 radical (unpaired) electrons. The van der Waals surface area contributed by atoms with Crippen molar-refractivity contribution in [2.75, 3.05) is 33.4 Å². The molecule has 1 amide bonds. The highest BCUT2D eigenvalue weighted by Gasteiger charge is 2.31. The molecule has 0 aliphatic heterocycles. The van der Waals surface area contributed by atoms with Crippen LogP contribution in [0.2, 0.25) is 0 Å². The number of halogens is 3. The quantitative estimate of drug-likeness (QED) is 0.584. The Morgan fingerprint density at radius 2 is 2.09 bits per heavy atom. The third-order valence-corrected chi connectivity index (χ3v) is 4.87. The summed E-state index contributed by atoms with van der Waals surface area (Å²) in [5.41, 5.74) is 0. The number of hydrogen-bond acceptors (Lipinski definition) is 3. The number of nitrogens with one attached hydrogen (secondary N) is 2. The maximum atomic E-state index is 12.3. The lowest BCUT2D eigenvalue weighted by molar-refractivity contribution is -0.157. The Balaban J connectivity index is 2.40. The first-order chi connectivity index (χ1) is 10.7. The Labute approximate surface area is 139 Å². The van der Waals surface area contributed by atoms with Gasteiger partial charge in [0.05, 0.1) is 6.54 Å². The van der Waals surface area contributed by atoms with E-state index >= 15 is 0 Å². The molecule has 1 fully saturated rings. The van der Waals surface area contributed by atoms with Crippen molar-refractivity contribution in [1.82, 2.24) is 15.5 Å². The fourth-order valence-electron chi connectivity index (χ4n) is 2.53. The first-order valence-corrected chi connectivity index (χ1v) is 8.84. The van der Waals surface area contributed by atoms with Crippen molar-refractivity contribution in [1.29, 1.82) is 0 Å². The summed E-state index contributed by atoms with van der Waals surface area (Å²) in [5.74, 6) is -0.179. The number of nitrogens with zero attached hydrogens (tertiary/aromatic N) is 2. The number of carbonyl (C=O) groups excluding carboxylic acids is 1. The summed E-state index contributed by atoms with van der Waals surface area (Å²) in [4.78, 5) is 16.4. The van der Waals surface area contributed by atoms with Crippen molar-refractivity contribution >= 4 is 23.6 Å². The molecule has 0 aromatic carbocycles. The number of alkyl halides is 3. The zero-order valence-corrected chi connectivity index (χ0v) is 14.6. The highest BCUT2D eigenvalue weighted by atomic mass is 32.2. The standard InChI is InChI=1S/C14H25F3N4OS/c1-18-13(20-10-5-4-6-11(7-10)23-3)19-8-12(22)21(2)9-14(15,16)17/h10-11H,4-9H2,1-3H3,(H2,18,19,20). The summed E-state index contributed by atoms with van der Waals surface area (Å²) < 4.78 is 36.8. The third-order valence-electron chi connectivity index (χ3n) is 3.77. The summed E-state index contributed by atoms with van der Waals surface area (Å²) in [6, 6.07) is 0.274. The lowest BCUT2D eigenvalue weighted by Crippen LogP contribution is -2.49. The van der Waals surface area contributed by atoms with Crippen molar-refractivity contribution < 1.29 is 18.0 Å². The summed E-state index contributed by atoms with van der Waals surface area (Å²) in [6.45, 7) is -1.47. The molecular weight excluding hydrogens is 329 g/mol. The van der Waals surface area contributed by atoms with Crippen molar-refractivity contribution in [2.45, 2.75) is 43.2 Å². The molecular formula is C14H25F3N4OS. The Morgan fingerprint density at radius 3 is 2.65 bits per heavy atom. The molecule has 0 heterocycles. The first-order valence-electron chi connectivity index (χ1n) is 7.56. The predicted molar refractivity (Wildman–Crippen MR) is 87.7 cm³/mol. The van der Waals surface area contributed by atoms with Crippen LogP contribution >= 0.6 is 11.8 Å². The number of likely N-dealkylation sites (N-methyl/N-ethyl adjacent to an activating group) is 1. The topological polar surface area (TPSA) is 56.7 Å². The minimum Gasteiger partial charge on any atom is -0.354 e. The number of guanidine groups is 1. The largest absolute Gasteiger partial charge is 0.406 e. The smallest absolute Gasteiger partial charge is 0.354 e. The van der Waals surface area contributed by atoms with Crippen LogP contribution in [-0.4, -0.2) is 67.7 Å². The molecule has 0 aromatic heterocycles. The first kappa shape index (κ1) is 19.9. The molecule has 2 atom stereocenters. The molecule has 2 N–H and O–H groups in total. The van der Waals surface area contributed by atoms with E-state index < -0.39 is 18.6 Å². The van der Waals surface area contributed by atoms with Gasteiger partial charge in [0, 0.05) is 25.4 Å². The Bertz CT molecular complexity index is 417. The molecule has 0 spiro atoms. The highest BCUT2D eigenvalue weighted by Crippen LogP contribution is 2.26. The van der Waals surface area contributed by atoms with Gasteiger partial charge in [-0.25, -0.2) is 0 Å². The van der Waals surface area contributed by atoms with Crippen LogP contribution in [0.4, 0.5) is 13.2 Å². The van der Waals surface area contributed by atoms with Gasteiger partial charge in [0.25, 0.3) is 0 Å². The molecule has 0 saturated heterocycles. The monoisotopic (exact) mass is 354 g/mol. The van der Waals surface area contributed by atoms with Crippen LogP contribution in [0, 0.1) is 0 Å². The van der Waals surface area contributed by atoms with Gasteiger partial charge in [-0.2, -0.15) is 24.9 Å². The zero-order valence-electron chi connectivity index (χ0n) is 13.7. The molecule has 134 valence electrons. The van der Waals surface area contributed by atoms with Crippen LogP contribution in [0.1, 0.15) is 25.7 Å². The number of thioether (sulfide) groups is 1. The fourth-order valence-corrected chi connectivity index (χ4v) is 3.36. The number of carbonyl (C=O) groups is 1. The lowest BCUT2D eigenvalue weighted by atomic mass is 9.95. The van der Waals surface area contributed by atoms with Crippen molar-refractivity contribution in [3.05, 3.63) is 0 Å². The van der Waals surface area contributed by atoms with E-state index in [1.165, 1.54) is 6.42 Å². The maximum absolute atomic E-state index is 12.3. The molecule has 0 aromatic rings. The third kappa shape index (κ3) is 7.81. The van der Waals surface area contributed by atoms with Crippen LogP contribution < -0.4 is 10.6 Å². The fraction of sp³-hybridized carbons (Fsp3) is 0.857. The van der Waals surface area contributed by atoms with Crippen LogP contribution in [0.3, 0.4) is 0 Å². The second-order valence-corrected chi connectivity index (χ2v) is 6.79. The van der Waals surface area contributed by atoms with E-state index in [2.05, 4.69) is 21.9 Å². The van der Waals surface area contributed by atoms with Gasteiger partial charge in [0.2, 0.25) is 5.91 Å². The van der Waals surface area contributed by atoms with E-state index in [0.29, 0.717) is 16.1 Å². The summed E-state index contributed by atoms with van der Waals surface area (Å²) in [6.07, 6.45) is 2.08. The molecule has 5 nitrogen and oxygen atoms in total. The number of amides is 1. The van der Waals surface area contributed by atoms with Crippen LogP contribution in [-0.2, 0) is 4.79 Å². The minimum atomic E-state index is -4.39. The van der Waals surface area contributed by atoms with Crippen molar-refractivity contribution in [3.8, 4) is 0 Å². The van der Waals surface area contributed by atoms with Gasteiger partial charge in [-0.05, 0) is 25.5 Å². The van der Waals surface area contributed by atoms with Crippen LogP contribution in [0.15, 0.2) is 4.99 Å². The SMILES string of the molecule is CN=C(NCC(=O)N(C)CC(F)(F)F)NC1CCCC(SC)C1. The average molecular weight is 354 g/mol. The highest BCUT2D eigenvalue weighted by molar-refractivity contribution is 7.99. The Hall–Kier alpha value is -1.12. The van der Waals surface area contributed by atoms with E-state index in [-0.39, 0.29) is 12.6 Å². The van der Waals surface area contributed by atoms with Crippen molar-refractivity contribution in [3.63, 3.8) is 0 Å². The van der Waals surface area contributed by atoms with Crippen LogP contribution in [0.5, 0.6) is 0 Å². The van der Waals surface area contributed by atoms with Gasteiger partial charge in [0.15, 0.2) is 5.96 Å². The number of aliphatic imine (C=N–C) groups is 1. The average Bonchev–Trinajstić information content (AvgIpc) is 2.49. The van der Waals surface area contributed by atoms with Gasteiger partial charge in [-0.1, -0.05) is 6.42 Å². The predicted octanol–water partition coefficient (Wildman–Crippen LogP) is 1.85. The molecule has 1 aliphatic rings. The van der Waals surface area contributed by atoms with Gasteiger partial charge in [0.1, 0.15) is 6.54 Å². The van der Waals surface area contributed by atoms with Gasteiger partial charge in [-0.15, -0.1) is 0 Å². The second-order valence-electron chi connectivity index (χ2n) is 5.66. The van der Waals surface area contributed by atoms with E-state index in [4.69, 9.17) is 0 Å². The van der Waals surface area contributed by atoms with Crippen LogP contribution in [0.25, 0.3) is 0 Å². The normalized spacial score (nSPS) is 22.6. The minimum absolute atomic E-state index is 0.217. The Morgan fingerprint density at radius 1 is 1.39 bits per heavy atom. The summed E-state index contributed by atoms with van der Waals surface area (Å²) in [5, 5.41) is 6.64. The molecule has 1 rings (SSSR count). The number of rotatable bonds is 5. The zero-order chi connectivity index (χ0) is 17.5. The summed E-state index contributed by atoms with van der Waals surface area (Å²) >= 11 is 1.84. The second kappa shape index (κ2) is 9.24. The van der Waals surface area contributed by atoms with Gasteiger partial charge >= 0.3 is 6.18 Å². The molecule has 23 heavy (non-hydrogen) atoms. The van der Waals surface area contributed by atoms with E-state index in [1.807, 2.05) is 11.8 Å². The molecule has 1 saturated carbocycles. The van der Waals surface area contributed by atoms with Crippen molar-refractivity contribution in [2.24, 2.45) is 4.99 Å². The molecule has 2 unspecified atom stereocenters.